The normalized spacial score (nSPS) is 21.7. The van der Waals surface area contributed by atoms with E-state index in [1.807, 2.05) is 24.3 Å². The lowest BCUT2D eigenvalue weighted by molar-refractivity contribution is 0.0688. The lowest BCUT2D eigenvalue weighted by Gasteiger charge is -2.40. The van der Waals surface area contributed by atoms with E-state index in [1.54, 1.807) is 14.0 Å². The number of piperazine rings is 1. The molecule has 3 heterocycles. The summed E-state index contributed by atoms with van der Waals surface area (Å²) >= 11 is 1.50. The van der Waals surface area contributed by atoms with Crippen molar-refractivity contribution < 1.29 is 14.6 Å². The highest BCUT2D eigenvalue weighted by Crippen LogP contribution is 2.41. The van der Waals surface area contributed by atoms with Crippen molar-refractivity contribution in [2.45, 2.75) is 23.4 Å². The molecule has 9 heteroatoms. The smallest absolute Gasteiger partial charge is 0.264 e. The zero-order valence-electron chi connectivity index (χ0n) is 16.1. The van der Waals surface area contributed by atoms with E-state index in [0.29, 0.717) is 17.5 Å². The third-order valence-electron chi connectivity index (χ3n) is 5.33. The van der Waals surface area contributed by atoms with Gasteiger partial charge in [-0.3, -0.25) is 14.6 Å². The van der Waals surface area contributed by atoms with Gasteiger partial charge >= 0.3 is 0 Å². The third kappa shape index (κ3) is 3.67. The van der Waals surface area contributed by atoms with Gasteiger partial charge in [0.15, 0.2) is 5.16 Å². The number of aryl methyl sites for hydroxylation is 1. The number of carbonyl (C=O) groups is 1. The minimum absolute atomic E-state index is 0.0146. The van der Waals surface area contributed by atoms with Crippen LogP contribution in [0.3, 0.4) is 0 Å². The van der Waals surface area contributed by atoms with Crippen LogP contribution in [0.5, 0.6) is 5.75 Å². The molecule has 0 spiro atoms. The first-order chi connectivity index (χ1) is 13.6. The van der Waals surface area contributed by atoms with Crippen LogP contribution in [0.2, 0.25) is 0 Å². The van der Waals surface area contributed by atoms with Gasteiger partial charge in [0.05, 0.1) is 19.8 Å². The number of aliphatic hydroxyl groups excluding tert-OH is 1. The van der Waals surface area contributed by atoms with E-state index >= 15 is 0 Å². The molecule has 8 nitrogen and oxygen atoms in total. The fourth-order valence-corrected chi connectivity index (χ4v) is 5.19. The van der Waals surface area contributed by atoms with Crippen LogP contribution < -0.4 is 4.74 Å². The number of aromatic nitrogens is 3. The molecule has 1 aromatic carbocycles. The number of aliphatic hydroxyl groups is 1. The Morgan fingerprint density at radius 3 is 2.57 bits per heavy atom. The van der Waals surface area contributed by atoms with E-state index in [0.717, 1.165) is 37.5 Å². The Balaban J connectivity index is 1.60. The predicted molar refractivity (Wildman–Crippen MR) is 106 cm³/mol. The van der Waals surface area contributed by atoms with Crippen LogP contribution in [-0.4, -0.2) is 87.3 Å². The SMILES string of the molecule is COc1ccc(C(C2Sc3nc(C)nn3C2=O)N2CCN(CCO)CC2)cc1. The van der Waals surface area contributed by atoms with Gasteiger partial charge in [-0.2, -0.15) is 4.68 Å². The number of β-amino-alcohol motifs (C(OH)–C–C–N with tert-alkyl or cyclic N) is 1. The predicted octanol–water partition coefficient (Wildman–Crippen LogP) is 1.06. The first kappa shape index (κ1) is 19.4. The average molecular weight is 404 g/mol. The van der Waals surface area contributed by atoms with E-state index < -0.39 is 0 Å². The summed E-state index contributed by atoms with van der Waals surface area (Å²) in [6.07, 6.45) is 0. The highest BCUT2D eigenvalue weighted by Gasteiger charge is 2.43. The number of thioether (sulfide) groups is 1. The fraction of sp³-hybridized carbons (Fsp3) is 0.526. The first-order valence-corrected chi connectivity index (χ1v) is 10.3. The van der Waals surface area contributed by atoms with E-state index in [9.17, 15) is 9.90 Å². The Bertz CT molecular complexity index is 833. The molecule has 28 heavy (non-hydrogen) atoms. The Labute approximate surface area is 168 Å². The van der Waals surface area contributed by atoms with Gasteiger partial charge in [-0.05, 0) is 24.6 Å². The summed E-state index contributed by atoms with van der Waals surface area (Å²) in [6.45, 7) is 6.10. The second-order valence-electron chi connectivity index (χ2n) is 7.05. The molecule has 1 saturated heterocycles. The van der Waals surface area contributed by atoms with E-state index in [1.165, 1.54) is 16.4 Å². The second kappa shape index (κ2) is 8.20. The van der Waals surface area contributed by atoms with Crippen LogP contribution in [0.1, 0.15) is 22.2 Å². The van der Waals surface area contributed by atoms with Gasteiger partial charge in [-0.25, -0.2) is 4.98 Å². The van der Waals surface area contributed by atoms with Gasteiger partial charge in [0.1, 0.15) is 16.8 Å². The number of rotatable bonds is 6. The van der Waals surface area contributed by atoms with Crippen molar-refractivity contribution in [1.82, 2.24) is 24.6 Å². The quantitative estimate of drug-likeness (QED) is 0.767. The van der Waals surface area contributed by atoms with Crippen molar-refractivity contribution in [1.29, 1.82) is 0 Å². The maximum atomic E-state index is 13.1. The van der Waals surface area contributed by atoms with Crippen LogP contribution in [0, 0.1) is 6.92 Å². The van der Waals surface area contributed by atoms with Gasteiger partial charge in [0.2, 0.25) is 0 Å². The maximum absolute atomic E-state index is 13.1. The molecule has 2 aliphatic rings. The van der Waals surface area contributed by atoms with E-state index in [4.69, 9.17) is 4.74 Å². The summed E-state index contributed by atoms with van der Waals surface area (Å²) in [5.74, 6) is 1.40. The number of fused-ring (bicyclic) bond motifs is 1. The number of hydrogen-bond donors (Lipinski definition) is 1. The zero-order chi connectivity index (χ0) is 19.7. The van der Waals surface area contributed by atoms with Crippen molar-refractivity contribution in [3.8, 4) is 5.75 Å². The Hall–Kier alpha value is -1.94. The van der Waals surface area contributed by atoms with Crippen LogP contribution >= 0.6 is 11.8 Å². The number of ether oxygens (including phenoxy) is 1. The summed E-state index contributed by atoms with van der Waals surface area (Å²) in [4.78, 5) is 22.1. The second-order valence-corrected chi connectivity index (χ2v) is 8.16. The van der Waals surface area contributed by atoms with Crippen LogP contribution in [0.15, 0.2) is 29.4 Å². The largest absolute Gasteiger partial charge is 0.497 e. The topological polar surface area (TPSA) is 83.7 Å². The molecule has 2 unspecified atom stereocenters. The number of nitrogens with zero attached hydrogens (tertiary/aromatic N) is 5. The minimum atomic E-state index is -0.284. The van der Waals surface area contributed by atoms with Gasteiger partial charge in [0, 0.05) is 32.7 Å². The van der Waals surface area contributed by atoms with Crippen LogP contribution in [0.25, 0.3) is 0 Å². The molecule has 2 aliphatic heterocycles. The molecule has 0 amide bonds. The van der Waals surface area contributed by atoms with Crippen molar-refractivity contribution in [3.05, 3.63) is 35.7 Å². The highest BCUT2D eigenvalue weighted by molar-refractivity contribution is 8.00. The van der Waals surface area contributed by atoms with E-state index in [2.05, 4.69) is 19.9 Å². The lowest BCUT2D eigenvalue weighted by Crippen LogP contribution is -2.50. The number of hydrogen-bond acceptors (Lipinski definition) is 8. The minimum Gasteiger partial charge on any atom is -0.497 e. The standard InChI is InChI=1S/C19H25N5O3S/c1-13-20-19-24(21-13)18(26)17(28-19)16(14-3-5-15(27-2)6-4-14)23-9-7-22(8-10-23)11-12-25/h3-6,16-17,25H,7-12H2,1-2H3. The number of methoxy groups -OCH3 is 1. The van der Waals surface area contributed by atoms with Crippen molar-refractivity contribution in [2.24, 2.45) is 0 Å². The summed E-state index contributed by atoms with van der Waals surface area (Å²) in [6, 6.07) is 7.89. The molecule has 150 valence electrons. The van der Waals surface area contributed by atoms with Crippen LogP contribution in [0.4, 0.5) is 0 Å². The van der Waals surface area contributed by atoms with Gasteiger partial charge in [-0.15, -0.1) is 5.10 Å². The summed E-state index contributed by atoms with van der Waals surface area (Å²) in [7, 11) is 1.65. The molecule has 2 aromatic rings. The van der Waals surface area contributed by atoms with Crippen molar-refractivity contribution >= 4 is 17.7 Å². The van der Waals surface area contributed by atoms with Gasteiger partial charge < -0.3 is 9.84 Å². The summed E-state index contributed by atoms with van der Waals surface area (Å²) in [5.41, 5.74) is 1.09. The van der Waals surface area contributed by atoms with Crippen molar-refractivity contribution in [2.75, 3.05) is 46.4 Å². The fourth-order valence-electron chi connectivity index (χ4n) is 3.88. The van der Waals surface area contributed by atoms with Gasteiger partial charge in [0.25, 0.3) is 5.91 Å². The zero-order valence-corrected chi connectivity index (χ0v) is 16.9. The highest BCUT2D eigenvalue weighted by atomic mass is 32.2. The van der Waals surface area contributed by atoms with Gasteiger partial charge in [-0.1, -0.05) is 23.9 Å². The maximum Gasteiger partial charge on any atom is 0.264 e. The molecular formula is C19H25N5O3S. The molecule has 0 saturated carbocycles. The third-order valence-corrected chi connectivity index (χ3v) is 6.52. The molecule has 1 aromatic heterocycles. The molecule has 4 rings (SSSR count). The molecule has 1 N–H and O–H groups in total. The Kier molecular flexibility index (Phi) is 5.68. The molecular weight excluding hydrogens is 378 g/mol. The monoisotopic (exact) mass is 403 g/mol. The first-order valence-electron chi connectivity index (χ1n) is 9.46. The molecule has 2 atom stereocenters. The number of benzene rings is 1. The molecule has 0 radical (unpaired) electrons. The molecule has 0 aliphatic carbocycles. The van der Waals surface area contributed by atoms with E-state index in [-0.39, 0.29) is 23.8 Å². The average Bonchev–Trinajstić information content (AvgIpc) is 3.22. The lowest BCUT2D eigenvalue weighted by atomic mass is 9.99. The summed E-state index contributed by atoms with van der Waals surface area (Å²) in [5, 5.41) is 13.9. The van der Waals surface area contributed by atoms with Crippen molar-refractivity contribution in [3.63, 3.8) is 0 Å². The number of carbonyl (C=O) groups excluding carboxylic acids is 1. The van der Waals surface area contributed by atoms with Crippen LogP contribution in [-0.2, 0) is 0 Å². The Morgan fingerprint density at radius 1 is 1.25 bits per heavy atom. The molecule has 0 bridgehead atoms. The Morgan fingerprint density at radius 2 is 1.96 bits per heavy atom. The summed E-state index contributed by atoms with van der Waals surface area (Å²) < 4.78 is 6.74. The molecule has 1 fully saturated rings.